The Balaban J connectivity index is 1.36. The van der Waals surface area contributed by atoms with E-state index in [1.54, 1.807) is 4.90 Å². The fraction of sp³-hybridized carbons (Fsp3) is 0.312. The minimum Gasteiger partial charge on any atom is -0.465 e. The van der Waals surface area contributed by atoms with Crippen molar-refractivity contribution in [2.24, 2.45) is 0 Å². The summed E-state index contributed by atoms with van der Waals surface area (Å²) in [7, 11) is -2.19. The van der Waals surface area contributed by atoms with Crippen LogP contribution in [0.5, 0.6) is 0 Å². The summed E-state index contributed by atoms with van der Waals surface area (Å²) in [5.41, 5.74) is 4.44. The van der Waals surface area contributed by atoms with Crippen molar-refractivity contribution >= 4 is 55.6 Å². The predicted octanol–water partition coefficient (Wildman–Crippen LogP) is 5.11. The smallest absolute Gasteiger partial charge is 0.407 e. The Morgan fingerprint density at radius 2 is 1.43 bits per heavy atom. The van der Waals surface area contributed by atoms with Crippen LogP contribution in [0.3, 0.4) is 0 Å². The average molecular weight is 658 g/mol. The van der Waals surface area contributed by atoms with Gasteiger partial charge in [-0.25, -0.2) is 13.2 Å². The third-order valence-corrected chi connectivity index (χ3v) is 9.79. The van der Waals surface area contributed by atoms with Crippen LogP contribution in [-0.4, -0.2) is 99.3 Å². The molecular weight excluding hydrogens is 623 g/mol. The Morgan fingerprint density at radius 1 is 0.886 bits per heavy atom. The minimum absolute atomic E-state index is 0.102. The maximum absolute atomic E-state index is 13.2. The molecule has 2 saturated heterocycles. The van der Waals surface area contributed by atoms with Gasteiger partial charge in [-0.15, -0.1) is 0 Å². The number of rotatable bonds is 8. The number of sulfone groups is 1. The molecule has 0 atom stereocenters. The van der Waals surface area contributed by atoms with E-state index in [2.05, 4.69) is 9.80 Å². The van der Waals surface area contributed by atoms with Gasteiger partial charge in [-0.2, -0.15) is 0 Å². The van der Waals surface area contributed by atoms with Crippen LogP contribution < -0.4 is 4.90 Å². The second-order valence-corrected chi connectivity index (χ2v) is 14.0. The first-order valence-electron chi connectivity index (χ1n) is 14.1. The summed E-state index contributed by atoms with van der Waals surface area (Å²) in [4.78, 5) is 30.9. The van der Waals surface area contributed by atoms with E-state index in [1.807, 2.05) is 72.8 Å². The zero-order valence-electron chi connectivity index (χ0n) is 24.5. The third kappa shape index (κ3) is 7.21. The molecule has 0 unspecified atom stereocenters. The number of piperazine rings is 1. The van der Waals surface area contributed by atoms with Gasteiger partial charge in [0.25, 0.3) is 0 Å². The molecule has 0 aromatic heterocycles. The van der Waals surface area contributed by atoms with Gasteiger partial charge >= 0.3 is 6.09 Å². The molecule has 2 fully saturated rings. The van der Waals surface area contributed by atoms with Crippen LogP contribution in [0.25, 0.3) is 4.91 Å². The van der Waals surface area contributed by atoms with E-state index >= 15 is 0 Å². The van der Waals surface area contributed by atoms with Gasteiger partial charge in [0, 0.05) is 68.3 Å². The lowest BCUT2D eigenvalue weighted by molar-refractivity contribution is -0.132. The number of benzene rings is 3. The zero-order chi connectivity index (χ0) is 31.6. The second-order valence-electron chi connectivity index (χ2n) is 11.2. The zero-order valence-corrected chi connectivity index (χ0v) is 26.8. The lowest BCUT2D eigenvalue weighted by Crippen LogP contribution is -2.51. The van der Waals surface area contributed by atoms with Crippen LogP contribution >= 0.6 is 23.2 Å². The number of halogens is 2. The van der Waals surface area contributed by atoms with E-state index in [9.17, 15) is 18.0 Å². The summed E-state index contributed by atoms with van der Waals surface area (Å²) in [6.07, 6.45) is 0.101. The maximum Gasteiger partial charge on any atom is 0.407 e. The van der Waals surface area contributed by atoms with Gasteiger partial charge in [0.05, 0.1) is 10.9 Å². The van der Waals surface area contributed by atoms with E-state index < -0.39 is 15.9 Å². The fourth-order valence-electron chi connectivity index (χ4n) is 5.78. The van der Waals surface area contributed by atoms with Gasteiger partial charge in [-0.3, -0.25) is 9.69 Å². The monoisotopic (exact) mass is 656 g/mol. The molecular formula is C32H34Cl2N4O5S. The summed E-state index contributed by atoms with van der Waals surface area (Å²) >= 11 is 12.3. The van der Waals surface area contributed by atoms with Crippen LogP contribution in [0.15, 0.2) is 78.4 Å². The molecule has 2 heterocycles. The maximum atomic E-state index is 13.2. The number of likely N-dealkylation sites (N-methyl/N-ethyl adjacent to an activating group) is 1. The molecule has 2 amide bonds. The summed E-state index contributed by atoms with van der Waals surface area (Å²) in [5, 5.41) is 10.4. The molecule has 1 N–H and O–H groups in total. The molecule has 0 spiro atoms. The van der Waals surface area contributed by atoms with Crippen molar-refractivity contribution in [3.05, 3.63) is 105 Å². The van der Waals surface area contributed by atoms with E-state index in [-0.39, 0.29) is 18.5 Å². The first-order chi connectivity index (χ1) is 20.9. The molecule has 0 aliphatic carbocycles. The van der Waals surface area contributed by atoms with Gasteiger partial charge < -0.3 is 19.8 Å². The molecule has 232 valence electrons. The van der Waals surface area contributed by atoms with Crippen molar-refractivity contribution in [1.82, 2.24) is 14.7 Å². The standard InChI is InChI=1S/C32H34Cl2N4O5S/c1-35(32(40)41)21-29(39)37-16-14-36(15-17-37)28-5-3-4-24(18-28)31(44(2,42)43)25-19-38(20-25)30(22-6-10-26(33)11-7-22)23-8-12-27(34)13-9-23/h3-13,18,30H,14-17,19-21H2,1-2H3,(H,40,41). The van der Waals surface area contributed by atoms with Crippen molar-refractivity contribution in [2.45, 2.75) is 6.04 Å². The number of hydrogen-bond donors (Lipinski definition) is 1. The van der Waals surface area contributed by atoms with Gasteiger partial charge in [-0.1, -0.05) is 59.6 Å². The Bertz CT molecular complexity index is 1620. The van der Waals surface area contributed by atoms with Gasteiger partial charge in [0.15, 0.2) is 9.84 Å². The fourth-order valence-corrected chi connectivity index (χ4v) is 7.24. The first-order valence-corrected chi connectivity index (χ1v) is 16.8. The van der Waals surface area contributed by atoms with Crippen LogP contribution in [0.2, 0.25) is 10.0 Å². The van der Waals surface area contributed by atoms with Gasteiger partial charge in [0.2, 0.25) is 5.91 Å². The number of anilines is 1. The van der Waals surface area contributed by atoms with Crippen molar-refractivity contribution < 1.29 is 23.1 Å². The van der Waals surface area contributed by atoms with Crippen LogP contribution in [0.1, 0.15) is 22.7 Å². The van der Waals surface area contributed by atoms with Crippen LogP contribution in [0.4, 0.5) is 10.5 Å². The predicted molar refractivity (Wildman–Crippen MR) is 174 cm³/mol. The Labute approximate surface area is 267 Å². The summed E-state index contributed by atoms with van der Waals surface area (Å²) in [6.45, 7) is 2.76. The average Bonchev–Trinajstić information content (AvgIpc) is 2.97. The van der Waals surface area contributed by atoms with Crippen LogP contribution in [-0.2, 0) is 14.6 Å². The largest absolute Gasteiger partial charge is 0.465 e. The third-order valence-electron chi connectivity index (χ3n) is 8.02. The number of carbonyl (C=O) groups excluding carboxylic acids is 1. The quantitative estimate of drug-likeness (QED) is 0.359. The van der Waals surface area contributed by atoms with Crippen molar-refractivity contribution in [1.29, 1.82) is 0 Å². The number of carboxylic acid groups (broad SMARTS) is 1. The molecule has 3 aromatic rings. The normalized spacial score (nSPS) is 15.7. The Kier molecular flexibility index (Phi) is 9.55. The van der Waals surface area contributed by atoms with Gasteiger partial charge in [0.1, 0.15) is 6.54 Å². The van der Waals surface area contributed by atoms with Crippen LogP contribution in [0, 0.1) is 0 Å². The van der Waals surface area contributed by atoms with E-state index in [0.29, 0.717) is 59.8 Å². The molecule has 0 bridgehead atoms. The molecule has 0 radical (unpaired) electrons. The SMILES string of the molecule is CN(CC(=O)N1CCN(c2cccc(C(=C3CN(C(c4ccc(Cl)cc4)c4ccc(Cl)cc4)C3)S(C)(=O)=O)c2)CC1)C(=O)O. The van der Waals surface area contributed by atoms with Crippen molar-refractivity contribution in [2.75, 3.05) is 64.0 Å². The molecule has 3 aromatic carbocycles. The number of carbonyl (C=O) groups is 2. The van der Waals surface area contributed by atoms with E-state index in [4.69, 9.17) is 28.3 Å². The molecule has 5 rings (SSSR count). The highest BCUT2D eigenvalue weighted by Gasteiger charge is 2.35. The highest BCUT2D eigenvalue weighted by molar-refractivity contribution is 8.00. The number of amides is 2. The van der Waals surface area contributed by atoms with E-state index in [1.165, 1.54) is 13.3 Å². The number of nitrogens with zero attached hydrogens (tertiary/aromatic N) is 4. The van der Waals surface area contributed by atoms with Gasteiger partial charge in [-0.05, 0) is 58.7 Å². The van der Waals surface area contributed by atoms with Crippen molar-refractivity contribution in [3.63, 3.8) is 0 Å². The number of likely N-dealkylation sites (tertiary alicyclic amines) is 1. The van der Waals surface area contributed by atoms with Crippen molar-refractivity contribution in [3.8, 4) is 0 Å². The molecule has 9 nitrogen and oxygen atoms in total. The lowest BCUT2D eigenvalue weighted by Gasteiger charge is -2.42. The summed E-state index contributed by atoms with van der Waals surface area (Å²) in [6, 6.07) is 22.8. The highest BCUT2D eigenvalue weighted by atomic mass is 35.5. The Morgan fingerprint density at radius 3 is 1.93 bits per heavy atom. The molecule has 2 aliphatic heterocycles. The summed E-state index contributed by atoms with van der Waals surface area (Å²) in [5.74, 6) is -0.238. The number of hydrogen-bond acceptors (Lipinski definition) is 6. The van der Waals surface area contributed by atoms with E-state index in [0.717, 1.165) is 27.3 Å². The highest BCUT2D eigenvalue weighted by Crippen LogP contribution is 2.39. The molecule has 44 heavy (non-hydrogen) atoms. The lowest BCUT2D eigenvalue weighted by atomic mass is 9.92. The Hall–Kier alpha value is -3.57. The molecule has 0 saturated carbocycles. The second kappa shape index (κ2) is 13.2. The topological polar surface area (TPSA) is 101 Å². The summed E-state index contributed by atoms with van der Waals surface area (Å²) < 4.78 is 26.4. The molecule has 2 aliphatic rings. The first kappa shape index (κ1) is 31.8. The minimum atomic E-state index is -3.56. The molecule has 12 heteroatoms.